The average molecular weight is 338 g/mol. The first-order valence-electron chi connectivity index (χ1n) is 5.96. The summed E-state index contributed by atoms with van der Waals surface area (Å²) in [5, 5.41) is 6.23. The smallest absolute Gasteiger partial charge is 0.387 e. The monoisotopic (exact) mass is 337 g/mol. The van der Waals surface area contributed by atoms with Crippen molar-refractivity contribution >= 4 is 29.2 Å². The minimum absolute atomic E-state index is 0.0219. The van der Waals surface area contributed by atoms with Crippen molar-refractivity contribution < 1.29 is 13.5 Å². The minimum atomic E-state index is -2.97. The van der Waals surface area contributed by atoms with E-state index in [2.05, 4.69) is 26.9 Å². The lowest BCUT2D eigenvalue weighted by Crippen LogP contribution is -2.36. The molecule has 0 unspecified atom stereocenters. The molecule has 1 rings (SSSR count). The van der Waals surface area contributed by atoms with Gasteiger partial charge < -0.3 is 15.4 Å². The topological polar surface area (TPSA) is 45.7 Å². The van der Waals surface area contributed by atoms with Gasteiger partial charge in [0.2, 0.25) is 0 Å². The molecule has 0 saturated carbocycles. The molecule has 21 heavy (non-hydrogen) atoms. The number of hydrogen-bond donors (Lipinski definition) is 2. The van der Waals surface area contributed by atoms with Crippen LogP contribution in [0.25, 0.3) is 0 Å². The van der Waals surface area contributed by atoms with Gasteiger partial charge in [-0.15, -0.1) is 6.58 Å². The van der Waals surface area contributed by atoms with Crippen molar-refractivity contribution in [2.45, 2.75) is 13.2 Å². The largest absolute Gasteiger partial charge is 0.433 e. The fourth-order valence-corrected chi connectivity index (χ4v) is 2.11. The molecule has 1 aromatic rings. The van der Waals surface area contributed by atoms with Crippen LogP contribution in [0.2, 0.25) is 10.0 Å². The molecule has 0 radical (unpaired) electrons. The third-order valence-corrected chi connectivity index (χ3v) is 2.87. The summed E-state index contributed by atoms with van der Waals surface area (Å²) in [5.41, 5.74) is 0.398. The quantitative estimate of drug-likeness (QED) is 0.474. The van der Waals surface area contributed by atoms with Crippen molar-refractivity contribution in [3.05, 3.63) is 40.4 Å². The maximum Gasteiger partial charge on any atom is 0.387 e. The predicted molar refractivity (Wildman–Crippen MR) is 81.5 cm³/mol. The summed E-state index contributed by atoms with van der Waals surface area (Å²) in [7, 11) is 1.58. The van der Waals surface area contributed by atoms with E-state index in [1.54, 1.807) is 13.1 Å². The van der Waals surface area contributed by atoms with E-state index in [9.17, 15) is 8.78 Å². The molecule has 0 atom stereocenters. The van der Waals surface area contributed by atoms with Crippen molar-refractivity contribution in [1.29, 1.82) is 0 Å². The first kappa shape index (κ1) is 17.5. The van der Waals surface area contributed by atoms with Crippen LogP contribution < -0.4 is 15.4 Å². The molecular weight excluding hydrogens is 323 g/mol. The number of rotatable bonds is 6. The van der Waals surface area contributed by atoms with Gasteiger partial charge in [-0.1, -0.05) is 29.3 Å². The molecule has 1 aromatic carbocycles. The Labute approximate surface area is 131 Å². The third-order valence-electron chi connectivity index (χ3n) is 2.38. The molecule has 116 valence electrons. The summed E-state index contributed by atoms with van der Waals surface area (Å²) in [5.74, 6) is 0.372. The Hall–Kier alpha value is -1.53. The van der Waals surface area contributed by atoms with Gasteiger partial charge in [-0.2, -0.15) is 8.78 Å². The molecule has 0 spiro atoms. The van der Waals surface area contributed by atoms with Gasteiger partial charge in [0.1, 0.15) is 5.75 Å². The van der Waals surface area contributed by atoms with E-state index in [1.165, 1.54) is 12.1 Å². The van der Waals surface area contributed by atoms with E-state index >= 15 is 0 Å². The van der Waals surface area contributed by atoms with Crippen LogP contribution >= 0.6 is 23.2 Å². The Morgan fingerprint density at radius 2 is 2.14 bits per heavy atom. The Bertz CT molecular complexity index is 524. The summed E-state index contributed by atoms with van der Waals surface area (Å²) in [6.07, 6.45) is 1.66. The molecule has 0 aromatic heterocycles. The highest BCUT2D eigenvalue weighted by molar-refractivity contribution is 6.35. The number of hydrogen-bond acceptors (Lipinski definition) is 2. The van der Waals surface area contributed by atoms with Gasteiger partial charge in [-0.3, -0.25) is 4.99 Å². The Morgan fingerprint density at radius 3 is 2.71 bits per heavy atom. The SMILES string of the molecule is C=CCNC(=NC)NCc1cc(Cl)cc(Cl)c1OC(F)F. The highest BCUT2D eigenvalue weighted by Crippen LogP contribution is 2.33. The zero-order valence-corrected chi connectivity index (χ0v) is 12.8. The molecular formula is C13H15Cl2F2N3O. The molecule has 0 heterocycles. The minimum Gasteiger partial charge on any atom is -0.433 e. The molecule has 0 aliphatic rings. The van der Waals surface area contributed by atoms with E-state index in [0.717, 1.165) is 0 Å². The molecule has 0 bridgehead atoms. The summed E-state index contributed by atoms with van der Waals surface area (Å²) in [6.45, 7) is 1.28. The fourth-order valence-electron chi connectivity index (χ4n) is 1.53. The van der Waals surface area contributed by atoms with Crippen molar-refractivity contribution in [1.82, 2.24) is 10.6 Å². The number of halogens is 4. The van der Waals surface area contributed by atoms with E-state index in [-0.39, 0.29) is 17.3 Å². The second kappa shape index (κ2) is 8.69. The highest BCUT2D eigenvalue weighted by Gasteiger charge is 2.15. The molecule has 2 N–H and O–H groups in total. The summed E-state index contributed by atoms with van der Waals surface area (Å²) < 4.78 is 29.3. The van der Waals surface area contributed by atoms with Gasteiger partial charge in [0.15, 0.2) is 5.96 Å². The number of benzene rings is 1. The van der Waals surface area contributed by atoms with Gasteiger partial charge in [0.25, 0.3) is 0 Å². The standard InChI is InChI=1S/C13H15Cl2F2N3O/c1-3-4-19-13(18-2)20-7-8-5-9(14)6-10(15)11(8)21-12(16)17/h3,5-6,12H,1,4,7H2,2H3,(H2,18,19,20). The molecule has 0 fully saturated rings. The molecule has 0 aliphatic carbocycles. The summed E-state index contributed by atoms with van der Waals surface area (Å²) in [6, 6.07) is 2.84. The van der Waals surface area contributed by atoms with E-state index in [4.69, 9.17) is 23.2 Å². The van der Waals surface area contributed by atoms with Crippen molar-refractivity contribution in [2.75, 3.05) is 13.6 Å². The number of alkyl halides is 2. The molecule has 0 saturated heterocycles. The first-order valence-corrected chi connectivity index (χ1v) is 6.71. The van der Waals surface area contributed by atoms with Gasteiger partial charge in [0, 0.05) is 30.7 Å². The number of aliphatic imine (C=N–C) groups is 1. The number of guanidine groups is 1. The predicted octanol–water partition coefficient (Wildman–Crippen LogP) is 3.45. The summed E-state index contributed by atoms with van der Waals surface area (Å²) >= 11 is 11.8. The molecule has 0 amide bonds. The Balaban J connectivity index is 2.88. The van der Waals surface area contributed by atoms with Crippen LogP contribution in [0.5, 0.6) is 5.75 Å². The number of ether oxygens (including phenoxy) is 1. The Kier molecular flexibility index (Phi) is 7.25. The highest BCUT2D eigenvalue weighted by atomic mass is 35.5. The average Bonchev–Trinajstić information content (AvgIpc) is 2.42. The number of nitrogens with one attached hydrogen (secondary N) is 2. The van der Waals surface area contributed by atoms with Crippen molar-refractivity contribution in [2.24, 2.45) is 4.99 Å². The maximum absolute atomic E-state index is 12.4. The van der Waals surface area contributed by atoms with Crippen LogP contribution in [-0.2, 0) is 6.54 Å². The van der Waals surface area contributed by atoms with E-state index in [1.807, 2.05) is 0 Å². The van der Waals surface area contributed by atoms with Crippen LogP contribution in [0.1, 0.15) is 5.56 Å². The van der Waals surface area contributed by atoms with E-state index < -0.39 is 6.61 Å². The number of nitrogens with zero attached hydrogens (tertiary/aromatic N) is 1. The van der Waals surface area contributed by atoms with Crippen LogP contribution in [0.15, 0.2) is 29.8 Å². The lowest BCUT2D eigenvalue weighted by molar-refractivity contribution is -0.0504. The lowest BCUT2D eigenvalue weighted by atomic mass is 10.2. The fraction of sp³-hybridized carbons (Fsp3) is 0.308. The second-order valence-electron chi connectivity index (χ2n) is 3.85. The van der Waals surface area contributed by atoms with Crippen LogP contribution in [0, 0.1) is 0 Å². The molecule has 4 nitrogen and oxygen atoms in total. The second-order valence-corrected chi connectivity index (χ2v) is 4.69. The zero-order valence-electron chi connectivity index (χ0n) is 11.3. The Morgan fingerprint density at radius 1 is 1.43 bits per heavy atom. The van der Waals surface area contributed by atoms with Crippen LogP contribution in [-0.4, -0.2) is 26.2 Å². The van der Waals surface area contributed by atoms with Gasteiger partial charge in [-0.25, -0.2) is 0 Å². The van der Waals surface area contributed by atoms with Gasteiger partial charge >= 0.3 is 6.61 Å². The normalized spacial score (nSPS) is 11.4. The van der Waals surface area contributed by atoms with Gasteiger partial charge in [-0.05, 0) is 12.1 Å². The molecule has 0 aliphatic heterocycles. The third kappa shape index (κ3) is 5.77. The van der Waals surface area contributed by atoms with Crippen molar-refractivity contribution in [3.8, 4) is 5.75 Å². The van der Waals surface area contributed by atoms with Gasteiger partial charge in [0.05, 0.1) is 5.02 Å². The first-order chi connectivity index (χ1) is 9.97. The zero-order chi connectivity index (χ0) is 15.8. The maximum atomic E-state index is 12.4. The van der Waals surface area contributed by atoms with Crippen molar-refractivity contribution in [3.63, 3.8) is 0 Å². The lowest BCUT2D eigenvalue weighted by Gasteiger charge is -2.15. The van der Waals surface area contributed by atoms with E-state index in [0.29, 0.717) is 23.1 Å². The van der Waals surface area contributed by atoms with Crippen LogP contribution in [0.4, 0.5) is 8.78 Å². The molecule has 8 heteroatoms. The van der Waals surface area contributed by atoms with Crippen LogP contribution in [0.3, 0.4) is 0 Å². The summed E-state index contributed by atoms with van der Waals surface area (Å²) in [4.78, 5) is 3.97.